The Morgan fingerprint density at radius 2 is 1.53 bits per heavy atom. The van der Waals surface area contributed by atoms with Gasteiger partial charge in [-0.15, -0.1) is 15.7 Å². The van der Waals surface area contributed by atoms with Crippen molar-refractivity contribution < 1.29 is 107 Å². The third-order valence-corrected chi connectivity index (χ3v) is 19.4. The van der Waals surface area contributed by atoms with E-state index in [0.717, 1.165) is 53.0 Å². The van der Waals surface area contributed by atoms with Gasteiger partial charge in [0, 0.05) is 85.8 Å². The average Bonchev–Trinajstić information content (AvgIpc) is 1.56. The lowest BCUT2D eigenvalue weighted by Gasteiger charge is -2.31. The molecule has 7 rings (SSSR count). The molecule has 3 aliphatic rings. The number of ether oxygens (including phenoxy) is 4. The standard InChI is InChI=1S/C68H93BF2N10O19S3/c1-47(97-68(87)98-78-64(83)30-31-65(78)84)53-44-60(94-9)61(46-58(53)79(88)89)96-38-34-75(2)33-32-72-66(85)54(20-10-12-35-80(3,4)5)74-67(86)55(21-11-13-36-81(6,7)8)73-63(82)23-14-37-95-52-28-25-48(26-29-52)24-27-51-42-49(19-17-41-103(91,92)93)56-45-57-50(18-15-40-102-100-99-90)43-59(62-22-16-39-101-62)77(57)69(70,71)76(51)56/h16,22,24-29,39,42-47,54-55H,10-15,17-21,23,30-38,40-41H2,1-9H3,(H3-2,72,73,74,82,85,86,90,91,92,93)/p+2/b27-24+. The van der Waals surface area contributed by atoms with Gasteiger partial charge in [0.15, 0.2) is 22.9 Å². The fourth-order valence-electron chi connectivity index (χ4n) is 11.8. The number of aromatic nitrogens is 1. The van der Waals surface area contributed by atoms with Crippen LogP contribution in [0, 0.1) is 10.1 Å². The van der Waals surface area contributed by atoms with E-state index < -0.39 is 81.4 Å². The first kappa shape index (κ1) is 82.2. The second-order valence-corrected chi connectivity index (χ2v) is 30.6. The molecule has 5 N–H and O–H groups in total. The number of aryl methyl sites for hydroxylation is 1. The summed E-state index contributed by atoms with van der Waals surface area (Å²) in [6.45, 7) is -0.607. The van der Waals surface area contributed by atoms with Crippen LogP contribution >= 0.6 is 23.4 Å². The van der Waals surface area contributed by atoms with E-state index in [9.17, 15) is 51.9 Å². The van der Waals surface area contributed by atoms with E-state index in [0.29, 0.717) is 104 Å². The monoisotopic (exact) mass is 1500 g/mol. The van der Waals surface area contributed by atoms with E-state index in [-0.39, 0.29) is 99.2 Å². The minimum Gasteiger partial charge on any atom is -0.494 e. The first-order chi connectivity index (χ1) is 48.7. The number of hydrogen-bond donors (Lipinski definition) is 5. The summed E-state index contributed by atoms with van der Waals surface area (Å²) in [4.78, 5) is 97.1. The summed E-state index contributed by atoms with van der Waals surface area (Å²) in [5.41, 5.74) is 2.25. The normalized spacial score (nSPS) is 15.3. The second-order valence-electron chi connectivity index (χ2n) is 27.3. The van der Waals surface area contributed by atoms with Crippen molar-refractivity contribution in [2.24, 2.45) is 0 Å². The summed E-state index contributed by atoms with van der Waals surface area (Å²) in [7, 11) is 11.2. The van der Waals surface area contributed by atoms with Crippen LogP contribution in [0.5, 0.6) is 17.2 Å². The molecule has 5 amide bonds. The van der Waals surface area contributed by atoms with Crippen molar-refractivity contribution >= 4 is 106 Å². The molecule has 29 nitrogen and oxygen atoms in total. The number of likely N-dealkylation sites (N-methyl/N-ethyl adjacent to an activating group) is 1. The summed E-state index contributed by atoms with van der Waals surface area (Å²) in [5, 5.41) is 35.4. The van der Waals surface area contributed by atoms with Gasteiger partial charge >= 0.3 is 13.1 Å². The number of halogens is 2. The molecule has 0 bridgehead atoms. The van der Waals surface area contributed by atoms with Gasteiger partial charge in [-0.2, -0.15) is 8.42 Å². The van der Waals surface area contributed by atoms with Crippen LogP contribution in [-0.2, 0) is 59.5 Å². The van der Waals surface area contributed by atoms with E-state index >= 15 is 8.63 Å². The van der Waals surface area contributed by atoms with Gasteiger partial charge in [-0.3, -0.25) is 43.5 Å². The van der Waals surface area contributed by atoms with Crippen molar-refractivity contribution in [1.82, 2.24) is 30.4 Å². The molecule has 1 fully saturated rings. The highest BCUT2D eigenvalue weighted by molar-refractivity contribution is 7.94. The number of nitrogens with one attached hydrogen (secondary N) is 3. The highest BCUT2D eigenvalue weighted by atomic mass is 32.2. The number of nitro groups is 1. The third-order valence-electron chi connectivity index (χ3n) is 17.1. The molecule has 1 saturated heterocycles. The Morgan fingerprint density at radius 1 is 0.854 bits per heavy atom. The number of rotatable bonds is 44. The number of thiophene rings is 1. The van der Waals surface area contributed by atoms with Gasteiger partial charge in [0.2, 0.25) is 17.7 Å². The highest BCUT2D eigenvalue weighted by Crippen LogP contribution is 2.42. The summed E-state index contributed by atoms with van der Waals surface area (Å²) < 4.78 is 98.5. The van der Waals surface area contributed by atoms with Crippen molar-refractivity contribution in [3.05, 3.63) is 120 Å². The van der Waals surface area contributed by atoms with E-state index in [1.165, 1.54) is 31.4 Å². The lowest BCUT2D eigenvalue weighted by atomic mass is 9.88. The predicted molar refractivity (Wildman–Crippen MR) is 384 cm³/mol. The summed E-state index contributed by atoms with van der Waals surface area (Å²) in [5.74, 6) is -2.34. The van der Waals surface area contributed by atoms with E-state index in [1.807, 2.05) is 10.3 Å². The topological polar surface area (TPSA) is 335 Å². The number of fused-ring (bicyclic) bond motifs is 2. The number of hydroxylamine groups is 2. The molecule has 2 aromatic carbocycles. The van der Waals surface area contributed by atoms with E-state index in [2.05, 4.69) is 67.6 Å². The number of quaternary nitrogens is 2. The maximum absolute atomic E-state index is 17.5. The number of allylic oxidation sites excluding steroid dienone is 2. The molecule has 0 spiro atoms. The van der Waals surface area contributed by atoms with Crippen LogP contribution in [-0.4, -0.2) is 225 Å². The van der Waals surface area contributed by atoms with Gasteiger partial charge in [-0.25, -0.2) is 10.1 Å². The Morgan fingerprint density at radius 3 is 2.16 bits per heavy atom. The number of hydrogen-bond acceptors (Lipinski definition) is 21. The first-order valence-corrected chi connectivity index (χ1v) is 37.4. The van der Waals surface area contributed by atoms with Crippen LogP contribution in [0.3, 0.4) is 0 Å². The number of methoxy groups -OCH3 is 1. The zero-order valence-electron chi connectivity index (χ0n) is 59.6. The van der Waals surface area contributed by atoms with Crippen molar-refractivity contribution in [2.75, 3.05) is 114 Å². The number of benzene rings is 2. The minimum absolute atomic E-state index is 0.0143. The number of amides is 5. The SMILES string of the molecule is COc1cc(C(C)OC(=O)ON2C(=O)CCC2=O)c([N+](=O)[O-])cc1OCCN(C)CCNC(=O)C(CCCC[N+](C)(C)C)NC(=O)C(CCCC[N+](C)(C)C)NC(=O)CCCOc1ccc(/C=C/c2cc(CCCS(=O)(=O)O)c3n2[B-](F)(F)[N+]2=C(c4cccs4)C=C(CCCSOOO)C2=C3)cc1. The van der Waals surface area contributed by atoms with Crippen LogP contribution in [0.1, 0.15) is 129 Å². The number of carbonyl (C=O) groups excluding carboxylic acids is 6. The van der Waals surface area contributed by atoms with Crippen LogP contribution in [0.4, 0.5) is 19.1 Å². The number of nitrogens with zero attached hydrogens (tertiary/aromatic N) is 7. The molecule has 0 saturated carbocycles. The maximum atomic E-state index is 17.5. The highest BCUT2D eigenvalue weighted by Gasteiger charge is 2.55. The second kappa shape index (κ2) is 38.1. The molecule has 564 valence electrons. The van der Waals surface area contributed by atoms with E-state index in [1.54, 1.807) is 73.8 Å². The number of nitro benzene ring substituents is 1. The molecule has 0 aliphatic carbocycles. The largest absolute Gasteiger partial charge is 0.737 e. The Labute approximate surface area is 606 Å². The number of carbonyl (C=O) groups is 6. The molecule has 103 heavy (non-hydrogen) atoms. The van der Waals surface area contributed by atoms with Gasteiger partial charge in [-0.1, -0.05) is 34.4 Å². The molecule has 3 aliphatic heterocycles. The third kappa shape index (κ3) is 25.0. The number of unbranched alkanes of at least 4 members (excludes halogenated alkanes) is 2. The maximum Gasteiger partial charge on any atom is 0.737 e. The smallest absolute Gasteiger partial charge is 0.494 e. The molecule has 4 aromatic rings. The lowest BCUT2D eigenvalue weighted by molar-refractivity contribution is -0.870. The van der Waals surface area contributed by atoms with Crippen molar-refractivity contribution in [3.8, 4) is 17.2 Å². The van der Waals surface area contributed by atoms with Crippen molar-refractivity contribution in [3.63, 3.8) is 0 Å². The molecule has 3 unspecified atom stereocenters. The minimum atomic E-state index is -4.54. The predicted octanol–water partition coefficient (Wildman–Crippen LogP) is 8.61. The fourth-order valence-corrected chi connectivity index (χ4v) is 13.5. The summed E-state index contributed by atoms with van der Waals surface area (Å²) >= 11 is 2.19. The summed E-state index contributed by atoms with van der Waals surface area (Å²) in [6.07, 6.45) is 8.40. The molecule has 2 aromatic heterocycles. The Balaban J connectivity index is 0.945. The van der Waals surface area contributed by atoms with Gasteiger partial charge < -0.3 is 66.4 Å². The lowest BCUT2D eigenvalue weighted by Crippen LogP contribution is -2.54. The quantitative estimate of drug-likeness (QED) is 0.00264. The van der Waals surface area contributed by atoms with Gasteiger partial charge in [0.25, 0.3) is 27.6 Å². The summed E-state index contributed by atoms with van der Waals surface area (Å²) in [6, 6.07) is 12.6. The molecule has 3 atom stereocenters. The zero-order chi connectivity index (χ0) is 75.2. The fraction of sp³-hybridized carbons (Fsp3) is 0.515. The van der Waals surface area contributed by atoms with Crippen LogP contribution < -0.4 is 30.2 Å². The molecule has 35 heteroatoms. The molecular weight excluding hydrogens is 1410 g/mol. The number of imide groups is 1. The van der Waals surface area contributed by atoms with Crippen LogP contribution in [0.15, 0.2) is 77.3 Å². The van der Waals surface area contributed by atoms with Gasteiger partial charge in [0.05, 0.1) is 96.3 Å². The van der Waals surface area contributed by atoms with Gasteiger partial charge in [0.1, 0.15) is 30.5 Å². The van der Waals surface area contributed by atoms with Crippen molar-refractivity contribution in [2.45, 2.75) is 115 Å². The Hall–Kier alpha value is -8.13. The Bertz CT molecular complexity index is 3860. The van der Waals surface area contributed by atoms with E-state index in [4.69, 9.17) is 29.0 Å². The van der Waals surface area contributed by atoms with Crippen molar-refractivity contribution in [1.29, 1.82) is 0 Å². The zero-order valence-corrected chi connectivity index (χ0v) is 62.1. The van der Waals surface area contributed by atoms with Crippen LogP contribution in [0.2, 0.25) is 0 Å². The van der Waals surface area contributed by atoms with Crippen LogP contribution in [0.25, 0.3) is 18.2 Å². The first-order valence-electron chi connectivity index (χ1n) is 34.0. The molecule has 0 radical (unpaired) electrons. The molecule has 5 heterocycles. The Kier molecular flexibility index (Phi) is 30.4. The van der Waals surface area contributed by atoms with Gasteiger partial charge in [-0.05, 0) is 138 Å². The average molecular weight is 1500 g/mol. The molecular formula is C68H95BF2N10O19S3+2.